The molecule has 184 valence electrons. The number of ether oxygens (including phenoxy) is 1. The van der Waals surface area contributed by atoms with Gasteiger partial charge in [0.2, 0.25) is 10.0 Å². The zero-order chi connectivity index (χ0) is 23.4. The highest BCUT2D eigenvalue weighted by molar-refractivity contribution is 7.89. The lowest BCUT2D eigenvalue weighted by Crippen LogP contribution is -2.39. The summed E-state index contributed by atoms with van der Waals surface area (Å²) in [4.78, 5) is 22.4. The molecule has 0 saturated carbocycles. The zero-order valence-corrected chi connectivity index (χ0v) is 21.7. The average molecular weight is 525 g/mol. The largest absolute Gasteiger partial charge is 0.379 e. The summed E-state index contributed by atoms with van der Waals surface area (Å²) in [5, 5.41) is 0.646. The maximum absolute atomic E-state index is 13.5. The van der Waals surface area contributed by atoms with Gasteiger partial charge in [-0.05, 0) is 42.8 Å². The van der Waals surface area contributed by atoms with Crippen molar-refractivity contribution in [2.24, 2.45) is 0 Å². The number of rotatable bonds is 8. The minimum atomic E-state index is -3.55. The predicted octanol–water partition coefficient (Wildman–Crippen LogP) is 3.34. The van der Waals surface area contributed by atoms with Crippen molar-refractivity contribution in [2.75, 3.05) is 58.4 Å². The van der Waals surface area contributed by atoms with Crippen molar-refractivity contribution < 1.29 is 17.9 Å². The van der Waals surface area contributed by atoms with E-state index >= 15 is 0 Å². The van der Waals surface area contributed by atoms with E-state index in [1.807, 2.05) is 24.3 Å². The summed E-state index contributed by atoms with van der Waals surface area (Å²) in [7, 11) is -0.586. The third-order valence-corrected chi connectivity index (χ3v) is 8.49. The van der Waals surface area contributed by atoms with Crippen LogP contribution >= 0.6 is 23.7 Å². The van der Waals surface area contributed by atoms with Gasteiger partial charge in [0.1, 0.15) is 0 Å². The lowest BCUT2D eigenvalue weighted by Gasteiger charge is -2.27. The lowest BCUT2D eigenvalue weighted by molar-refractivity contribution is 0.0376. The summed E-state index contributed by atoms with van der Waals surface area (Å²) in [6.07, 6.45) is 0.800. The highest BCUT2D eigenvalue weighted by Gasteiger charge is 2.23. The molecule has 3 aromatic rings. The number of sulfonamides is 1. The summed E-state index contributed by atoms with van der Waals surface area (Å²) in [6, 6.07) is 13.9. The van der Waals surface area contributed by atoms with Crippen molar-refractivity contribution in [2.45, 2.75) is 11.3 Å². The number of thiazole rings is 1. The van der Waals surface area contributed by atoms with Gasteiger partial charge < -0.3 is 4.74 Å². The topological polar surface area (TPSA) is 83.1 Å². The molecular formula is C23H29ClN4O4S2. The number of morpholine rings is 1. The summed E-state index contributed by atoms with van der Waals surface area (Å²) in [5.41, 5.74) is 1.29. The Balaban J connectivity index is 0.00000324. The molecule has 1 fully saturated rings. The minimum Gasteiger partial charge on any atom is -0.379 e. The number of nitrogens with zero attached hydrogens (tertiary/aromatic N) is 4. The van der Waals surface area contributed by atoms with Gasteiger partial charge in [0.25, 0.3) is 5.91 Å². The second-order valence-corrected chi connectivity index (χ2v) is 11.2. The van der Waals surface area contributed by atoms with Crippen molar-refractivity contribution in [3.63, 3.8) is 0 Å². The Morgan fingerprint density at radius 1 is 1.09 bits per heavy atom. The van der Waals surface area contributed by atoms with Crippen LogP contribution in [0.5, 0.6) is 0 Å². The van der Waals surface area contributed by atoms with E-state index in [9.17, 15) is 13.2 Å². The summed E-state index contributed by atoms with van der Waals surface area (Å²) < 4.78 is 32.3. The van der Waals surface area contributed by atoms with Crippen molar-refractivity contribution >= 4 is 55.0 Å². The van der Waals surface area contributed by atoms with E-state index in [-0.39, 0.29) is 23.2 Å². The fourth-order valence-electron chi connectivity index (χ4n) is 3.67. The molecule has 1 saturated heterocycles. The Labute approximate surface area is 210 Å². The Hall–Kier alpha value is -2.08. The summed E-state index contributed by atoms with van der Waals surface area (Å²) >= 11 is 1.48. The van der Waals surface area contributed by atoms with Gasteiger partial charge in [-0.25, -0.2) is 17.7 Å². The number of carbonyl (C=O) groups excluding carboxylic acids is 1. The van der Waals surface area contributed by atoms with Crippen LogP contribution in [0, 0.1) is 0 Å². The van der Waals surface area contributed by atoms with Crippen LogP contribution in [0.4, 0.5) is 5.13 Å². The highest BCUT2D eigenvalue weighted by atomic mass is 35.5. The molecule has 0 bridgehead atoms. The molecular weight excluding hydrogens is 496 g/mol. The van der Waals surface area contributed by atoms with Crippen LogP contribution in [-0.2, 0) is 14.8 Å². The first-order valence-corrected chi connectivity index (χ1v) is 13.1. The van der Waals surface area contributed by atoms with Gasteiger partial charge in [-0.2, -0.15) is 0 Å². The number of fused-ring (bicyclic) bond motifs is 1. The molecule has 8 nitrogen and oxygen atoms in total. The first kappa shape index (κ1) is 26.5. The number of para-hydroxylation sites is 1. The van der Waals surface area contributed by atoms with Crippen molar-refractivity contribution in [3.05, 3.63) is 54.1 Å². The molecule has 0 N–H and O–H groups in total. The molecule has 1 amide bonds. The van der Waals surface area contributed by atoms with Crippen LogP contribution in [0.3, 0.4) is 0 Å². The molecule has 4 rings (SSSR count). The number of anilines is 1. The van der Waals surface area contributed by atoms with Crippen molar-refractivity contribution in [1.29, 1.82) is 0 Å². The molecule has 34 heavy (non-hydrogen) atoms. The van der Waals surface area contributed by atoms with E-state index in [0.717, 1.165) is 53.8 Å². The molecule has 11 heteroatoms. The van der Waals surface area contributed by atoms with Crippen LogP contribution in [-0.4, -0.2) is 82.0 Å². The molecule has 0 radical (unpaired) electrons. The molecule has 2 aromatic carbocycles. The van der Waals surface area contributed by atoms with Crippen LogP contribution in [0.1, 0.15) is 16.8 Å². The fraction of sp³-hybridized carbons (Fsp3) is 0.391. The number of hydrogen-bond acceptors (Lipinski definition) is 7. The van der Waals surface area contributed by atoms with Gasteiger partial charge in [-0.3, -0.25) is 14.6 Å². The zero-order valence-electron chi connectivity index (χ0n) is 19.2. The number of aromatic nitrogens is 1. The Bertz CT molecular complexity index is 1180. The molecule has 1 aromatic heterocycles. The first-order chi connectivity index (χ1) is 15.9. The van der Waals surface area contributed by atoms with Crippen molar-refractivity contribution in [3.8, 4) is 0 Å². The number of benzene rings is 2. The van der Waals surface area contributed by atoms with Gasteiger partial charge in [0.05, 0.1) is 28.3 Å². The second kappa shape index (κ2) is 11.6. The number of amides is 1. The van der Waals surface area contributed by atoms with Crippen LogP contribution in [0.2, 0.25) is 0 Å². The third kappa shape index (κ3) is 5.94. The molecule has 2 heterocycles. The molecule has 0 unspecified atom stereocenters. The number of hydrogen-bond donors (Lipinski definition) is 0. The molecule has 1 aliphatic heterocycles. The Morgan fingerprint density at radius 3 is 2.41 bits per heavy atom. The van der Waals surface area contributed by atoms with Crippen LogP contribution in [0.15, 0.2) is 53.4 Å². The molecule has 0 aliphatic carbocycles. The van der Waals surface area contributed by atoms with Gasteiger partial charge in [0, 0.05) is 45.8 Å². The smallest absolute Gasteiger partial charge is 0.260 e. The van der Waals surface area contributed by atoms with Gasteiger partial charge in [-0.1, -0.05) is 23.5 Å². The first-order valence-electron chi connectivity index (χ1n) is 10.9. The van der Waals surface area contributed by atoms with Gasteiger partial charge in [-0.15, -0.1) is 12.4 Å². The maximum atomic E-state index is 13.5. The Kier molecular flexibility index (Phi) is 9.02. The SMILES string of the molecule is CN(C)S(=O)(=O)c1ccc(C(=O)N(CCCN2CCOCC2)c2nc3ccccc3s2)cc1.Cl. The highest BCUT2D eigenvalue weighted by Crippen LogP contribution is 2.30. The van der Waals surface area contributed by atoms with E-state index in [1.165, 1.54) is 37.6 Å². The van der Waals surface area contributed by atoms with E-state index in [4.69, 9.17) is 9.72 Å². The van der Waals surface area contributed by atoms with E-state index in [1.54, 1.807) is 17.0 Å². The van der Waals surface area contributed by atoms with Crippen LogP contribution in [0.25, 0.3) is 10.2 Å². The normalized spacial score (nSPS) is 14.8. The summed E-state index contributed by atoms with van der Waals surface area (Å²) in [5.74, 6) is -0.190. The van der Waals surface area contributed by atoms with Gasteiger partial charge >= 0.3 is 0 Å². The number of halogens is 1. The maximum Gasteiger partial charge on any atom is 0.260 e. The fourth-order valence-corrected chi connectivity index (χ4v) is 5.56. The standard InChI is InChI=1S/C23H28N4O4S2.ClH/c1-25(2)33(29,30)19-10-8-18(9-11-19)22(28)27(13-5-12-26-14-16-31-17-15-26)23-24-20-6-3-4-7-21(20)32-23;/h3-4,6-11H,5,12-17H2,1-2H3;1H. The molecule has 1 aliphatic rings. The quantitative estimate of drug-likeness (QED) is 0.449. The molecule has 0 atom stereocenters. The van der Waals surface area contributed by atoms with E-state index in [2.05, 4.69) is 4.90 Å². The molecule has 0 spiro atoms. The van der Waals surface area contributed by atoms with Gasteiger partial charge in [0.15, 0.2) is 5.13 Å². The monoisotopic (exact) mass is 524 g/mol. The van der Waals surface area contributed by atoms with Crippen LogP contribution < -0.4 is 4.90 Å². The van der Waals surface area contributed by atoms with Crippen molar-refractivity contribution in [1.82, 2.24) is 14.2 Å². The van der Waals surface area contributed by atoms with E-state index < -0.39 is 10.0 Å². The number of carbonyl (C=O) groups is 1. The summed E-state index contributed by atoms with van der Waals surface area (Å²) in [6.45, 7) is 4.67. The predicted molar refractivity (Wildman–Crippen MR) is 138 cm³/mol. The second-order valence-electron chi connectivity index (χ2n) is 8.04. The van der Waals surface area contributed by atoms with E-state index in [0.29, 0.717) is 17.2 Å². The average Bonchev–Trinajstić information content (AvgIpc) is 3.26. The lowest BCUT2D eigenvalue weighted by atomic mass is 10.2. The minimum absolute atomic E-state index is 0. The Morgan fingerprint density at radius 2 is 1.76 bits per heavy atom. The third-order valence-electron chi connectivity index (χ3n) is 5.60.